The van der Waals surface area contributed by atoms with Crippen molar-refractivity contribution < 1.29 is 41.4 Å². The Morgan fingerprint density at radius 2 is 1.79 bits per heavy atom. The van der Waals surface area contributed by atoms with E-state index in [4.69, 9.17) is 19.0 Å². The molecule has 3 aromatic rings. The molecular weight excluding hydrogens is 697 g/mol. The number of amides is 2. The lowest BCUT2D eigenvalue weighted by molar-refractivity contribution is -0.133. The van der Waals surface area contributed by atoms with Crippen molar-refractivity contribution in [2.75, 3.05) is 71.4 Å². The lowest BCUT2D eigenvalue weighted by Crippen LogP contribution is -2.57. The number of nitriles is 1. The molecule has 1 aromatic heterocycles. The van der Waals surface area contributed by atoms with Gasteiger partial charge in [0.1, 0.15) is 28.3 Å². The van der Waals surface area contributed by atoms with Crippen LogP contribution in [0.25, 0.3) is 0 Å². The van der Waals surface area contributed by atoms with Gasteiger partial charge in [0.2, 0.25) is 5.88 Å². The molecule has 4 heterocycles. The Morgan fingerprint density at radius 1 is 1.06 bits per heavy atom. The number of pyridine rings is 1. The minimum Gasteiger partial charge on any atom is -0.497 e. The van der Waals surface area contributed by atoms with E-state index in [9.17, 15) is 18.5 Å². The Morgan fingerprint density at radius 3 is 2.44 bits per heavy atom. The molecule has 15 nitrogen and oxygen atoms in total. The molecule has 1 atom stereocenters. The molecule has 0 radical (unpaired) electrons. The number of likely N-dealkylation sites (tertiary alicyclic amines) is 1. The van der Waals surface area contributed by atoms with Gasteiger partial charge >= 0.3 is 6.09 Å². The number of fused-ring (bicyclic) bond motifs is 1. The number of anilines is 1. The Kier molecular flexibility index (Phi) is 10.5. The van der Waals surface area contributed by atoms with Crippen LogP contribution in [0.1, 0.15) is 36.5 Å². The molecule has 2 saturated heterocycles. The summed E-state index contributed by atoms with van der Waals surface area (Å²) in [4.78, 5) is 43.3. The number of nitrogens with zero attached hydrogens (tertiary/aromatic N) is 6. The number of sulfonamides is 1. The number of methoxy groups -OCH3 is 2. The third-order valence-electron chi connectivity index (χ3n) is 9.66. The van der Waals surface area contributed by atoms with Gasteiger partial charge in [0, 0.05) is 56.1 Å². The number of hydrogen-bond donors (Lipinski definition) is 1. The molecule has 3 aliphatic rings. The summed E-state index contributed by atoms with van der Waals surface area (Å²) in [5.41, 5.74) is -3.66. The maximum absolute atomic E-state index is 15.4. The van der Waals surface area contributed by atoms with Gasteiger partial charge in [-0.15, -0.1) is 5.06 Å². The number of ether oxygens (including phenoxy) is 3. The second kappa shape index (κ2) is 14.9. The van der Waals surface area contributed by atoms with E-state index in [-0.39, 0.29) is 35.1 Å². The van der Waals surface area contributed by atoms with Crippen LogP contribution < -0.4 is 23.8 Å². The number of benzene rings is 2. The fraction of sp³-hybridized carbons (Fsp3) is 0.429. The fourth-order valence-electron chi connectivity index (χ4n) is 7.01. The molecule has 0 spiro atoms. The smallest absolute Gasteiger partial charge is 0.427 e. The highest BCUT2D eigenvalue weighted by Gasteiger charge is 2.60. The number of piperazine rings is 1. The van der Waals surface area contributed by atoms with Crippen molar-refractivity contribution in [3.8, 4) is 23.4 Å². The van der Waals surface area contributed by atoms with Crippen molar-refractivity contribution >= 4 is 27.7 Å². The van der Waals surface area contributed by atoms with Crippen LogP contribution in [-0.4, -0.2) is 113 Å². The first kappa shape index (κ1) is 36.8. The van der Waals surface area contributed by atoms with E-state index in [1.165, 1.54) is 55.8 Å². The predicted molar refractivity (Wildman–Crippen MR) is 185 cm³/mol. The summed E-state index contributed by atoms with van der Waals surface area (Å²) in [7, 11) is -0.180. The number of hydrogen-bond acceptors (Lipinski definition) is 13. The van der Waals surface area contributed by atoms with Crippen molar-refractivity contribution in [1.29, 1.82) is 5.26 Å². The third kappa shape index (κ3) is 6.58. The third-order valence-corrected chi connectivity index (χ3v) is 11.4. The van der Waals surface area contributed by atoms with E-state index >= 15 is 9.18 Å². The molecule has 52 heavy (non-hydrogen) atoms. The van der Waals surface area contributed by atoms with Crippen molar-refractivity contribution in [3.05, 3.63) is 71.2 Å². The molecule has 2 aromatic carbocycles. The average Bonchev–Trinajstić information content (AvgIpc) is 3.38. The van der Waals surface area contributed by atoms with Crippen LogP contribution in [-0.2, 0) is 25.2 Å². The van der Waals surface area contributed by atoms with Crippen molar-refractivity contribution in [3.63, 3.8) is 0 Å². The normalized spacial score (nSPS) is 20.2. The predicted octanol–water partition coefficient (Wildman–Crippen LogP) is 2.84. The molecule has 2 fully saturated rings. The number of rotatable bonds is 10. The van der Waals surface area contributed by atoms with E-state index in [2.05, 4.69) is 27.1 Å². The van der Waals surface area contributed by atoms with Gasteiger partial charge in [0.05, 0.1) is 37.6 Å². The Hall–Kier alpha value is -5.02. The summed E-state index contributed by atoms with van der Waals surface area (Å²) in [5.74, 6) is -2.32. The minimum absolute atomic E-state index is 0.0676. The standard InChI is InChI=1S/C35H40FN7O8S/c1-5-50-32-26(7-6-12-38-32)35(39-34(45)51-42-17-15-41(16-18-42)24-10-13-40(2)14-11-24)27-19-23(22-37)28(36)21-29(27)43(33(35)44)52(46,47)31-9-8-25(48-3)20-30(31)49-4/h6-9,12,19-21,24H,5,10-11,13-18H2,1-4H3,(H,39,45). The summed E-state index contributed by atoms with van der Waals surface area (Å²) < 4.78 is 61.3. The Balaban J connectivity index is 1.43. The zero-order chi connectivity index (χ0) is 37.2. The quantitative estimate of drug-likeness (QED) is 0.323. The highest BCUT2D eigenvalue weighted by atomic mass is 32.2. The zero-order valence-corrected chi connectivity index (χ0v) is 30.1. The molecule has 17 heteroatoms. The number of aromatic nitrogens is 1. The van der Waals surface area contributed by atoms with E-state index in [0.29, 0.717) is 36.5 Å². The second-order valence-electron chi connectivity index (χ2n) is 12.6. The van der Waals surface area contributed by atoms with Gasteiger partial charge in [-0.1, -0.05) is 0 Å². The van der Waals surface area contributed by atoms with E-state index in [1.807, 2.05) is 0 Å². The highest BCUT2D eigenvalue weighted by Crippen LogP contribution is 2.50. The molecule has 0 saturated carbocycles. The second-order valence-corrected chi connectivity index (χ2v) is 14.3. The van der Waals surface area contributed by atoms with E-state index in [1.54, 1.807) is 13.0 Å². The van der Waals surface area contributed by atoms with Gasteiger partial charge in [0.25, 0.3) is 15.9 Å². The summed E-state index contributed by atoms with van der Waals surface area (Å²) in [6.45, 7) is 5.84. The SMILES string of the molecule is CCOc1ncccc1C1(NC(=O)ON2CCN(C3CCN(C)CC3)CC2)C(=O)N(S(=O)(=O)c2ccc(OC)cc2OC)c2cc(F)c(C#N)cc21. The highest BCUT2D eigenvalue weighted by molar-refractivity contribution is 7.93. The van der Waals surface area contributed by atoms with Crippen LogP contribution in [0.2, 0.25) is 0 Å². The molecular formula is C35H40FN7O8S. The molecule has 2 amide bonds. The van der Waals surface area contributed by atoms with Crippen LogP contribution in [0.5, 0.6) is 17.4 Å². The maximum Gasteiger partial charge on any atom is 0.427 e. The van der Waals surface area contributed by atoms with E-state index < -0.39 is 49.5 Å². The van der Waals surface area contributed by atoms with Crippen LogP contribution in [0.4, 0.5) is 14.9 Å². The van der Waals surface area contributed by atoms with Gasteiger partial charge in [-0.05, 0) is 70.2 Å². The number of halogens is 1. The monoisotopic (exact) mass is 737 g/mol. The first-order valence-electron chi connectivity index (χ1n) is 16.8. The van der Waals surface area contributed by atoms with Gasteiger partial charge in [-0.3, -0.25) is 15.0 Å². The Labute approximate surface area is 301 Å². The summed E-state index contributed by atoms with van der Waals surface area (Å²) in [6.07, 6.45) is 2.39. The average molecular weight is 738 g/mol. The largest absolute Gasteiger partial charge is 0.497 e. The maximum atomic E-state index is 15.4. The van der Waals surface area contributed by atoms with Gasteiger partial charge < -0.3 is 23.9 Å². The zero-order valence-electron chi connectivity index (χ0n) is 29.3. The van der Waals surface area contributed by atoms with Crippen molar-refractivity contribution in [1.82, 2.24) is 25.2 Å². The van der Waals surface area contributed by atoms with Crippen LogP contribution in [0.3, 0.4) is 0 Å². The summed E-state index contributed by atoms with van der Waals surface area (Å²) >= 11 is 0. The van der Waals surface area contributed by atoms with Gasteiger partial charge in [-0.2, -0.15) is 9.57 Å². The van der Waals surface area contributed by atoms with Gasteiger partial charge in [0.15, 0.2) is 5.54 Å². The van der Waals surface area contributed by atoms with Crippen LogP contribution >= 0.6 is 0 Å². The molecule has 1 unspecified atom stereocenters. The first-order valence-corrected chi connectivity index (χ1v) is 18.2. The Bertz CT molecular complexity index is 1990. The number of hydroxylamine groups is 2. The molecule has 3 aliphatic heterocycles. The topological polar surface area (TPSA) is 167 Å². The van der Waals surface area contributed by atoms with Crippen molar-refractivity contribution in [2.45, 2.75) is 36.2 Å². The number of piperidine rings is 1. The number of nitrogens with one attached hydrogen (secondary N) is 1. The van der Waals surface area contributed by atoms with Gasteiger partial charge in [-0.25, -0.2) is 22.6 Å². The summed E-state index contributed by atoms with van der Waals surface area (Å²) in [5, 5.41) is 14.0. The minimum atomic E-state index is -4.91. The summed E-state index contributed by atoms with van der Waals surface area (Å²) in [6, 6.07) is 10.7. The van der Waals surface area contributed by atoms with Crippen molar-refractivity contribution in [2.24, 2.45) is 0 Å². The molecule has 276 valence electrons. The fourth-order valence-corrected chi connectivity index (χ4v) is 8.61. The van der Waals surface area contributed by atoms with E-state index in [0.717, 1.165) is 38.1 Å². The molecule has 0 aliphatic carbocycles. The lowest BCUT2D eigenvalue weighted by Gasteiger charge is -2.41. The number of carbonyl (C=O) groups is 2. The van der Waals surface area contributed by atoms with Crippen LogP contribution in [0, 0.1) is 17.1 Å². The number of carbonyl (C=O) groups excluding carboxylic acids is 2. The van der Waals surface area contributed by atoms with Crippen LogP contribution in [0.15, 0.2) is 53.6 Å². The molecule has 6 rings (SSSR count). The molecule has 0 bridgehead atoms. The lowest BCUT2D eigenvalue weighted by atomic mass is 9.83. The molecule has 1 N–H and O–H groups in total. The first-order chi connectivity index (χ1) is 25.0.